The van der Waals surface area contributed by atoms with Crippen LogP contribution in [0.25, 0.3) is 0 Å². The Labute approximate surface area is 133 Å². The number of hydrazone groups is 1. The van der Waals surface area contributed by atoms with Gasteiger partial charge in [0.05, 0.1) is 23.4 Å². The summed E-state index contributed by atoms with van der Waals surface area (Å²) in [4.78, 5) is 12.0. The molecule has 5 nitrogen and oxygen atoms in total. The third-order valence-corrected chi connectivity index (χ3v) is 3.37. The van der Waals surface area contributed by atoms with E-state index >= 15 is 0 Å². The first-order valence-corrected chi connectivity index (χ1v) is 6.87. The fraction of sp³-hybridized carbons (Fsp3) is 0.125. The minimum Gasteiger partial charge on any atom is -0.507 e. The van der Waals surface area contributed by atoms with Gasteiger partial charge in [0, 0.05) is 11.6 Å². The number of carbonyl (C=O) groups is 1. The van der Waals surface area contributed by atoms with Crippen LogP contribution in [-0.4, -0.2) is 23.8 Å². The van der Waals surface area contributed by atoms with E-state index in [1.807, 2.05) is 0 Å². The molecule has 1 amide bonds. The lowest BCUT2D eigenvalue weighted by molar-refractivity contribution is 0.0955. The van der Waals surface area contributed by atoms with Crippen LogP contribution in [0.2, 0.25) is 5.02 Å². The maximum atomic E-state index is 12.0. The fourth-order valence-corrected chi connectivity index (χ4v) is 2.07. The second kappa shape index (κ2) is 6.95. The van der Waals surface area contributed by atoms with Gasteiger partial charge in [0.2, 0.25) is 0 Å². The molecule has 0 heterocycles. The van der Waals surface area contributed by atoms with Crippen LogP contribution < -0.4 is 10.2 Å². The molecular weight excluding hydrogens is 304 g/mol. The molecule has 0 atom stereocenters. The molecule has 2 rings (SSSR count). The van der Waals surface area contributed by atoms with Crippen molar-refractivity contribution in [2.45, 2.75) is 6.92 Å². The van der Waals surface area contributed by atoms with Crippen molar-refractivity contribution in [1.29, 1.82) is 0 Å². The summed E-state index contributed by atoms with van der Waals surface area (Å²) in [5.74, 6) is 0.139. The summed E-state index contributed by atoms with van der Waals surface area (Å²) in [6.07, 6.45) is 0. The Kier molecular flexibility index (Phi) is 5.01. The highest BCUT2D eigenvalue weighted by Gasteiger charge is 2.10. The summed E-state index contributed by atoms with van der Waals surface area (Å²) in [7, 11) is 1.51. The van der Waals surface area contributed by atoms with E-state index in [4.69, 9.17) is 16.3 Å². The van der Waals surface area contributed by atoms with Crippen molar-refractivity contribution in [2.24, 2.45) is 5.10 Å². The van der Waals surface area contributed by atoms with Gasteiger partial charge >= 0.3 is 0 Å². The number of methoxy groups -OCH3 is 1. The molecular formula is C16H15ClN2O3. The van der Waals surface area contributed by atoms with Crippen molar-refractivity contribution in [3.63, 3.8) is 0 Å². The third kappa shape index (κ3) is 3.56. The molecule has 114 valence electrons. The molecule has 0 unspecified atom stereocenters. The Morgan fingerprint density at radius 1 is 1.23 bits per heavy atom. The Bertz CT molecular complexity index is 729. The van der Waals surface area contributed by atoms with Gasteiger partial charge in [-0.3, -0.25) is 4.79 Å². The van der Waals surface area contributed by atoms with E-state index in [1.165, 1.54) is 13.2 Å². The second-order valence-electron chi connectivity index (χ2n) is 4.50. The highest BCUT2D eigenvalue weighted by atomic mass is 35.5. The van der Waals surface area contributed by atoms with E-state index in [-0.39, 0.29) is 5.75 Å². The summed E-state index contributed by atoms with van der Waals surface area (Å²) in [6, 6.07) is 11.5. The molecule has 0 aliphatic heterocycles. The van der Waals surface area contributed by atoms with Crippen LogP contribution in [0.3, 0.4) is 0 Å². The predicted octanol–water partition coefficient (Wildman–Crippen LogP) is 3.21. The van der Waals surface area contributed by atoms with Gasteiger partial charge in [-0.1, -0.05) is 23.7 Å². The first-order valence-electron chi connectivity index (χ1n) is 6.49. The number of halogens is 1. The minimum atomic E-state index is -0.419. The zero-order valence-electron chi connectivity index (χ0n) is 12.1. The highest BCUT2D eigenvalue weighted by molar-refractivity contribution is 6.33. The van der Waals surface area contributed by atoms with Gasteiger partial charge in [0.1, 0.15) is 11.5 Å². The van der Waals surface area contributed by atoms with Crippen LogP contribution in [0.5, 0.6) is 11.5 Å². The number of benzene rings is 2. The van der Waals surface area contributed by atoms with E-state index in [1.54, 1.807) is 43.3 Å². The van der Waals surface area contributed by atoms with E-state index in [0.29, 0.717) is 27.6 Å². The van der Waals surface area contributed by atoms with Crippen LogP contribution >= 0.6 is 11.6 Å². The number of phenolic OH excluding ortho intramolecular Hbond substituents is 1. The molecule has 0 aliphatic rings. The normalized spacial score (nSPS) is 11.1. The molecule has 0 fully saturated rings. The largest absolute Gasteiger partial charge is 0.507 e. The molecule has 0 radical (unpaired) electrons. The Morgan fingerprint density at radius 3 is 2.59 bits per heavy atom. The number of aromatic hydroxyl groups is 1. The predicted molar refractivity (Wildman–Crippen MR) is 85.8 cm³/mol. The van der Waals surface area contributed by atoms with Gasteiger partial charge < -0.3 is 9.84 Å². The number of phenols is 1. The van der Waals surface area contributed by atoms with Gasteiger partial charge in [-0.05, 0) is 31.2 Å². The van der Waals surface area contributed by atoms with Crippen molar-refractivity contribution >= 4 is 23.2 Å². The van der Waals surface area contributed by atoms with E-state index in [2.05, 4.69) is 10.5 Å². The van der Waals surface area contributed by atoms with Gasteiger partial charge in [0.15, 0.2) is 0 Å². The third-order valence-electron chi connectivity index (χ3n) is 3.04. The first kappa shape index (κ1) is 15.9. The van der Waals surface area contributed by atoms with E-state index in [0.717, 1.165) is 0 Å². The number of carbonyl (C=O) groups excluding carboxylic acids is 1. The molecule has 0 saturated carbocycles. The monoisotopic (exact) mass is 318 g/mol. The number of amides is 1. The van der Waals surface area contributed by atoms with Crippen molar-refractivity contribution in [1.82, 2.24) is 5.43 Å². The number of ether oxygens (including phenoxy) is 1. The molecule has 0 bridgehead atoms. The van der Waals surface area contributed by atoms with Crippen LogP contribution in [0.4, 0.5) is 0 Å². The van der Waals surface area contributed by atoms with Crippen LogP contribution in [0.15, 0.2) is 47.6 Å². The van der Waals surface area contributed by atoms with Crippen molar-refractivity contribution in [2.75, 3.05) is 7.11 Å². The molecule has 2 aromatic rings. The molecule has 0 aliphatic carbocycles. The van der Waals surface area contributed by atoms with Gasteiger partial charge in [-0.15, -0.1) is 0 Å². The number of nitrogens with zero attached hydrogens (tertiary/aromatic N) is 1. The van der Waals surface area contributed by atoms with Crippen molar-refractivity contribution in [3.05, 3.63) is 58.6 Å². The number of hydrogen-bond acceptors (Lipinski definition) is 4. The van der Waals surface area contributed by atoms with Crippen LogP contribution in [0, 0.1) is 0 Å². The van der Waals surface area contributed by atoms with Gasteiger partial charge in [-0.2, -0.15) is 5.10 Å². The maximum Gasteiger partial charge on any atom is 0.272 e. The van der Waals surface area contributed by atoms with Crippen LogP contribution in [-0.2, 0) is 0 Å². The average Bonchev–Trinajstić information content (AvgIpc) is 2.52. The summed E-state index contributed by atoms with van der Waals surface area (Å²) in [6.45, 7) is 1.68. The molecule has 6 heteroatoms. The number of nitrogens with one attached hydrogen (secondary N) is 1. The average molecular weight is 319 g/mol. The lowest BCUT2D eigenvalue weighted by atomic mass is 10.1. The van der Waals surface area contributed by atoms with Crippen LogP contribution in [0.1, 0.15) is 22.8 Å². The zero-order chi connectivity index (χ0) is 16.1. The highest BCUT2D eigenvalue weighted by Crippen LogP contribution is 2.23. The molecule has 2 N–H and O–H groups in total. The Morgan fingerprint density at radius 2 is 1.95 bits per heavy atom. The maximum absolute atomic E-state index is 12.0. The minimum absolute atomic E-state index is 0.0209. The zero-order valence-corrected chi connectivity index (χ0v) is 12.9. The molecule has 22 heavy (non-hydrogen) atoms. The molecule has 0 aromatic heterocycles. The van der Waals surface area contributed by atoms with E-state index < -0.39 is 5.91 Å². The molecule has 0 spiro atoms. The fourth-order valence-electron chi connectivity index (χ4n) is 1.84. The number of rotatable bonds is 4. The Balaban J connectivity index is 2.16. The number of hydrogen-bond donors (Lipinski definition) is 2. The topological polar surface area (TPSA) is 70.9 Å². The molecule has 2 aromatic carbocycles. The lowest BCUT2D eigenvalue weighted by Crippen LogP contribution is -2.19. The summed E-state index contributed by atoms with van der Waals surface area (Å²) in [5.41, 5.74) is 3.71. The summed E-state index contributed by atoms with van der Waals surface area (Å²) < 4.78 is 5.01. The van der Waals surface area contributed by atoms with Crippen molar-refractivity contribution < 1.29 is 14.6 Å². The first-order chi connectivity index (χ1) is 10.5. The quantitative estimate of drug-likeness (QED) is 0.671. The SMILES string of the molecule is COc1ccc(/C(C)=N/NC(=O)c2ccccc2Cl)c(O)c1. The van der Waals surface area contributed by atoms with Gasteiger partial charge in [0.25, 0.3) is 5.91 Å². The molecule has 0 saturated heterocycles. The second-order valence-corrected chi connectivity index (χ2v) is 4.91. The summed E-state index contributed by atoms with van der Waals surface area (Å²) >= 11 is 5.95. The van der Waals surface area contributed by atoms with Crippen molar-refractivity contribution in [3.8, 4) is 11.5 Å². The standard InChI is InChI=1S/C16H15ClN2O3/c1-10(12-8-7-11(22-2)9-15(12)20)18-19-16(21)13-5-3-4-6-14(13)17/h3-9,20H,1-2H3,(H,19,21)/b18-10+. The Hall–Kier alpha value is -2.53. The van der Waals surface area contributed by atoms with E-state index in [9.17, 15) is 9.90 Å². The lowest BCUT2D eigenvalue weighted by Gasteiger charge is -2.07. The smallest absolute Gasteiger partial charge is 0.272 e. The van der Waals surface area contributed by atoms with Gasteiger partial charge in [-0.25, -0.2) is 5.43 Å². The summed E-state index contributed by atoms with van der Waals surface area (Å²) in [5, 5.41) is 14.3.